The van der Waals surface area contributed by atoms with Gasteiger partial charge < -0.3 is 15.2 Å². The number of H-pyrrole nitrogens is 1. The van der Waals surface area contributed by atoms with Gasteiger partial charge in [0.15, 0.2) is 0 Å². The number of aromatic nitrogens is 1. The fraction of sp³-hybridized carbons (Fsp3) is 0.346. The van der Waals surface area contributed by atoms with Crippen molar-refractivity contribution in [3.8, 4) is 0 Å². The maximum atomic E-state index is 13.6. The van der Waals surface area contributed by atoms with Crippen LogP contribution in [0.2, 0.25) is 0 Å². The predicted octanol–water partition coefficient (Wildman–Crippen LogP) is 4.40. The molecule has 2 aromatic carbocycles. The number of nitrogens with zero attached hydrogens (tertiary/aromatic N) is 2. The van der Waals surface area contributed by atoms with Crippen LogP contribution in [0.1, 0.15) is 54.8 Å². The molecule has 3 aromatic rings. The lowest BCUT2D eigenvalue weighted by atomic mass is 9.93. The van der Waals surface area contributed by atoms with Gasteiger partial charge in [-0.3, -0.25) is 9.59 Å². The van der Waals surface area contributed by atoms with Gasteiger partial charge in [-0.05, 0) is 43.0 Å². The van der Waals surface area contributed by atoms with Crippen molar-refractivity contribution in [2.75, 3.05) is 11.4 Å². The molecule has 7 heteroatoms. The van der Waals surface area contributed by atoms with Crippen LogP contribution >= 0.6 is 0 Å². The predicted molar refractivity (Wildman–Crippen MR) is 127 cm³/mol. The van der Waals surface area contributed by atoms with Gasteiger partial charge in [-0.2, -0.15) is 0 Å². The number of hydrogen-bond donors (Lipinski definition) is 2. The van der Waals surface area contributed by atoms with E-state index in [1.165, 1.54) is 4.90 Å². The van der Waals surface area contributed by atoms with Crippen LogP contribution in [-0.4, -0.2) is 40.3 Å². The number of aromatic amines is 1. The summed E-state index contributed by atoms with van der Waals surface area (Å²) in [5.74, 6) is -0.0981. The third kappa shape index (κ3) is 3.39. The number of carbonyl (C=O) groups is 3. The van der Waals surface area contributed by atoms with Crippen LogP contribution in [-0.2, 0) is 11.2 Å². The fourth-order valence-corrected chi connectivity index (χ4v) is 5.01. The van der Waals surface area contributed by atoms with E-state index in [1.54, 1.807) is 29.2 Å². The summed E-state index contributed by atoms with van der Waals surface area (Å²) < 4.78 is 0. The fourth-order valence-electron chi connectivity index (χ4n) is 5.01. The molecular formula is C26H28N4O3. The first kappa shape index (κ1) is 21.2. The number of para-hydroxylation sites is 2. The molecule has 5 rings (SSSR count). The Morgan fingerprint density at radius 2 is 1.85 bits per heavy atom. The highest BCUT2D eigenvalue weighted by Crippen LogP contribution is 2.42. The number of amides is 4. The van der Waals surface area contributed by atoms with Crippen LogP contribution in [0.25, 0.3) is 10.9 Å². The summed E-state index contributed by atoms with van der Waals surface area (Å²) in [5.41, 5.74) is 3.73. The Labute approximate surface area is 192 Å². The third-order valence-corrected chi connectivity index (χ3v) is 6.73. The summed E-state index contributed by atoms with van der Waals surface area (Å²) in [6.07, 6.45) is 1.31. The van der Waals surface area contributed by atoms with Gasteiger partial charge in [0.25, 0.3) is 11.8 Å². The van der Waals surface area contributed by atoms with Crippen LogP contribution < -0.4 is 10.2 Å². The molecule has 0 spiro atoms. The number of nitrogens with one attached hydrogen (secondary N) is 2. The summed E-state index contributed by atoms with van der Waals surface area (Å²) in [5, 5.41) is 4.00. The van der Waals surface area contributed by atoms with Crippen LogP contribution in [0.4, 0.5) is 10.5 Å². The molecule has 2 aliphatic rings. The van der Waals surface area contributed by atoms with Crippen molar-refractivity contribution < 1.29 is 14.4 Å². The Hall–Kier alpha value is -3.61. The molecule has 3 heterocycles. The maximum Gasteiger partial charge on any atom is 0.332 e. The Kier molecular flexibility index (Phi) is 5.19. The SMILES string of the molecule is CC(C)CCNC(=O)c1ccccc1N1C(=O)[C@@H]2Cc3c([nH]c4ccccc34)C(C)N2C1=O. The van der Waals surface area contributed by atoms with E-state index in [2.05, 4.69) is 24.1 Å². The van der Waals surface area contributed by atoms with E-state index < -0.39 is 6.04 Å². The summed E-state index contributed by atoms with van der Waals surface area (Å²) in [4.78, 5) is 46.3. The lowest BCUT2D eigenvalue weighted by Gasteiger charge is -2.33. The quantitative estimate of drug-likeness (QED) is 0.572. The molecule has 7 nitrogen and oxygen atoms in total. The first-order valence-electron chi connectivity index (χ1n) is 11.5. The third-order valence-electron chi connectivity index (χ3n) is 6.73. The van der Waals surface area contributed by atoms with Crippen molar-refractivity contribution in [3.05, 3.63) is 65.4 Å². The van der Waals surface area contributed by atoms with Gasteiger partial charge in [-0.1, -0.05) is 44.2 Å². The van der Waals surface area contributed by atoms with E-state index in [1.807, 2.05) is 31.2 Å². The van der Waals surface area contributed by atoms with Gasteiger partial charge in [-0.15, -0.1) is 0 Å². The van der Waals surface area contributed by atoms with Crippen molar-refractivity contribution in [1.29, 1.82) is 0 Å². The minimum Gasteiger partial charge on any atom is -0.356 e. The highest BCUT2D eigenvalue weighted by Gasteiger charge is 2.52. The number of hydrogen-bond acceptors (Lipinski definition) is 3. The van der Waals surface area contributed by atoms with Crippen LogP contribution in [0.15, 0.2) is 48.5 Å². The number of imide groups is 1. The summed E-state index contributed by atoms with van der Waals surface area (Å²) in [6.45, 7) is 6.68. The molecule has 0 aliphatic carbocycles. The van der Waals surface area contributed by atoms with Gasteiger partial charge in [-0.25, -0.2) is 9.69 Å². The summed E-state index contributed by atoms with van der Waals surface area (Å²) >= 11 is 0. The smallest absolute Gasteiger partial charge is 0.332 e. The summed E-state index contributed by atoms with van der Waals surface area (Å²) in [6, 6.07) is 13.6. The number of carbonyl (C=O) groups excluding carboxylic acids is 3. The Morgan fingerprint density at radius 1 is 1.12 bits per heavy atom. The van der Waals surface area contributed by atoms with E-state index in [0.29, 0.717) is 30.1 Å². The molecule has 170 valence electrons. The minimum atomic E-state index is -0.587. The molecule has 1 unspecified atom stereocenters. The highest BCUT2D eigenvalue weighted by atomic mass is 16.2. The molecule has 2 atom stereocenters. The standard InChI is InChI=1S/C26H28N4O3/c1-15(2)12-13-27-24(31)18-9-5-7-11-21(18)30-25(32)22-14-19-17-8-4-6-10-20(17)28-23(19)16(3)29(22)26(30)33/h4-11,15-16,22,28H,12-14H2,1-3H3,(H,27,31)/t16?,22-/m0/s1. The van der Waals surface area contributed by atoms with Crippen molar-refractivity contribution >= 4 is 34.4 Å². The van der Waals surface area contributed by atoms with Gasteiger partial charge in [0.2, 0.25) is 0 Å². The van der Waals surface area contributed by atoms with Crippen molar-refractivity contribution in [1.82, 2.24) is 15.2 Å². The monoisotopic (exact) mass is 444 g/mol. The first-order chi connectivity index (χ1) is 15.9. The second-order valence-corrected chi connectivity index (χ2v) is 9.28. The maximum absolute atomic E-state index is 13.6. The molecule has 33 heavy (non-hydrogen) atoms. The molecule has 0 bridgehead atoms. The molecule has 1 saturated heterocycles. The molecular weight excluding hydrogens is 416 g/mol. The van der Waals surface area contributed by atoms with Gasteiger partial charge in [0.1, 0.15) is 6.04 Å². The van der Waals surface area contributed by atoms with E-state index in [-0.39, 0.29) is 23.9 Å². The lowest BCUT2D eigenvalue weighted by molar-refractivity contribution is -0.120. The Bertz CT molecular complexity index is 1260. The molecule has 2 N–H and O–H groups in total. The number of anilines is 1. The van der Waals surface area contributed by atoms with E-state index >= 15 is 0 Å². The molecule has 2 aliphatic heterocycles. The molecule has 0 saturated carbocycles. The zero-order valence-electron chi connectivity index (χ0n) is 19.1. The average Bonchev–Trinajstić information content (AvgIpc) is 3.29. The summed E-state index contributed by atoms with van der Waals surface area (Å²) in [7, 11) is 0. The molecule has 4 amide bonds. The molecule has 1 fully saturated rings. The second-order valence-electron chi connectivity index (χ2n) is 9.28. The number of benzene rings is 2. The number of urea groups is 1. The highest BCUT2D eigenvalue weighted by molar-refractivity contribution is 6.24. The van der Waals surface area contributed by atoms with Gasteiger partial charge >= 0.3 is 6.03 Å². The van der Waals surface area contributed by atoms with Crippen molar-refractivity contribution in [3.63, 3.8) is 0 Å². The lowest BCUT2D eigenvalue weighted by Crippen LogP contribution is -2.42. The van der Waals surface area contributed by atoms with Crippen molar-refractivity contribution in [2.45, 2.75) is 45.7 Å². The minimum absolute atomic E-state index is 0.277. The van der Waals surface area contributed by atoms with Crippen LogP contribution in [0.3, 0.4) is 0 Å². The number of fused-ring (bicyclic) bond motifs is 4. The first-order valence-corrected chi connectivity index (χ1v) is 11.5. The van der Waals surface area contributed by atoms with E-state index in [0.717, 1.165) is 28.6 Å². The topological polar surface area (TPSA) is 85.5 Å². The Morgan fingerprint density at radius 3 is 2.64 bits per heavy atom. The zero-order valence-corrected chi connectivity index (χ0v) is 19.1. The second kappa shape index (κ2) is 8.06. The van der Waals surface area contributed by atoms with Crippen molar-refractivity contribution in [2.24, 2.45) is 5.92 Å². The van der Waals surface area contributed by atoms with Crippen LogP contribution in [0, 0.1) is 5.92 Å². The van der Waals surface area contributed by atoms with Crippen LogP contribution in [0.5, 0.6) is 0 Å². The van der Waals surface area contributed by atoms with E-state index in [9.17, 15) is 14.4 Å². The van der Waals surface area contributed by atoms with Gasteiger partial charge in [0, 0.05) is 29.6 Å². The largest absolute Gasteiger partial charge is 0.356 e. The van der Waals surface area contributed by atoms with E-state index in [4.69, 9.17) is 0 Å². The Balaban J connectivity index is 1.48. The normalized spacial score (nSPS) is 19.9. The molecule has 1 aromatic heterocycles. The van der Waals surface area contributed by atoms with Gasteiger partial charge in [0.05, 0.1) is 17.3 Å². The molecule has 0 radical (unpaired) electrons. The number of rotatable bonds is 5. The average molecular weight is 445 g/mol. The zero-order chi connectivity index (χ0) is 23.3.